The first kappa shape index (κ1) is 18.8. The van der Waals surface area contributed by atoms with Crippen LogP contribution >= 0.6 is 0 Å². The van der Waals surface area contributed by atoms with Crippen molar-refractivity contribution in [2.75, 3.05) is 31.1 Å². The summed E-state index contributed by atoms with van der Waals surface area (Å²) in [7, 11) is 0. The number of anilines is 1. The molecule has 4 aromatic rings. The minimum absolute atomic E-state index is 0.751. The van der Waals surface area contributed by atoms with Gasteiger partial charge < -0.3 is 4.90 Å². The SMILES string of the molecule is c1ccc(-c2nc3c4ccccc4nc(N4CCN(C5CCCCC5)CC4)n3n2)cc1. The van der Waals surface area contributed by atoms with Crippen LogP contribution in [0.2, 0.25) is 0 Å². The number of hydrogen-bond acceptors (Lipinski definition) is 5. The number of aromatic nitrogens is 4. The molecule has 2 aliphatic rings. The van der Waals surface area contributed by atoms with Gasteiger partial charge in [-0.15, -0.1) is 5.10 Å². The monoisotopic (exact) mass is 412 g/mol. The van der Waals surface area contributed by atoms with Crippen molar-refractivity contribution in [3.8, 4) is 11.4 Å². The average Bonchev–Trinajstić information content (AvgIpc) is 3.31. The average molecular weight is 413 g/mol. The predicted octanol–water partition coefficient (Wildman–Crippen LogP) is 4.40. The second kappa shape index (κ2) is 7.93. The number of fused-ring (bicyclic) bond motifs is 3. The van der Waals surface area contributed by atoms with E-state index in [0.29, 0.717) is 0 Å². The number of hydrogen-bond donors (Lipinski definition) is 0. The number of nitrogens with zero attached hydrogens (tertiary/aromatic N) is 6. The minimum atomic E-state index is 0.751. The molecule has 1 saturated carbocycles. The number of piperazine rings is 1. The summed E-state index contributed by atoms with van der Waals surface area (Å²) in [6, 6.07) is 19.2. The van der Waals surface area contributed by atoms with E-state index in [2.05, 4.69) is 34.1 Å². The highest BCUT2D eigenvalue weighted by Gasteiger charge is 2.27. The molecule has 0 N–H and O–H groups in total. The molecule has 0 atom stereocenters. The fourth-order valence-corrected chi connectivity index (χ4v) is 5.19. The lowest BCUT2D eigenvalue weighted by molar-refractivity contribution is 0.147. The van der Waals surface area contributed by atoms with Crippen LogP contribution in [0.3, 0.4) is 0 Å². The lowest BCUT2D eigenvalue weighted by atomic mass is 9.94. The zero-order valence-electron chi connectivity index (χ0n) is 17.8. The summed E-state index contributed by atoms with van der Waals surface area (Å²) in [5.74, 6) is 1.66. The zero-order valence-corrected chi connectivity index (χ0v) is 17.8. The molecule has 6 heteroatoms. The molecule has 0 radical (unpaired) electrons. The van der Waals surface area contributed by atoms with Gasteiger partial charge in [-0.05, 0) is 25.0 Å². The molecule has 6 rings (SSSR count). The Balaban J connectivity index is 1.37. The molecule has 6 nitrogen and oxygen atoms in total. The number of para-hydroxylation sites is 1. The first-order valence-corrected chi connectivity index (χ1v) is 11.6. The Bertz CT molecular complexity index is 1190. The van der Waals surface area contributed by atoms with Crippen molar-refractivity contribution in [3.63, 3.8) is 0 Å². The molecule has 158 valence electrons. The minimum Gasteiger partial charge on any atom is -0.338 e. The molecule has 2 aromatic carbocycles. The molecule has 0 spiro atoms. The van der Waals surface area contributed by atoms with Gasteiger partial charge in [0, 0.05) is 43.2 Å². The van der Waals surface area contributed by atoms with Gasteiger partial charge in [-0.3, -0.25) is 4.90 Å². The van der Waals surface area contributed by atoms with E-state index in [4.69, 9.17) is 15.1 Å². The van der Waals surface area contributed by atoms with Crippen LogP contribution in [0.15, 0.2) is 54.6 Å². The van der Waals surface area contributed by atoms with Gasteiger partial charge in [0.1, 0.15) is 0 Å². The molecule has 1 saturated heterocycles. The fourth-order valence-electron chi connectivity index (χ4n) is 5.19. The summed E-state index contributed by atoms with van der Waals surface area (Å²) >= 11 is 0. The van der Waals surface area contributed by atoms with E-state index >= 15 is 0 Å². The first-order chi connectivity index (χ1) is 15.4. The summed E-state index contributed by atoms with van der Waals surface area (Å²) in [6.07, 6.45) is 6.91. The highest BCUT2D eigenvalue weighted by molar-refractivity contribution is 5.92. The zero-order chi connectivity index (χ0) is 20.6. The van der Waals surface area contributed by atoms with Crippen molar-refractivity contribution >= 4 is 22.5 Å². The van der Waals surface area contributed by atoms with Crippen LogP contribution in [-0.4, -0.2) is 56.7 Å². The van der Waals surface area contributed by atoms with Crippen LogP contribution in [-0.2, 0) is 0 Å². The van der Waals surface area contributed by atoms with E-state index in [0.717, 1.165) is 66.1 Å². The van der Waals surface area contributed by atoms with Gasteiger partial charge >= 0.3 is 0 Å². The lowest BCUT2D eigenvalue weighted by Gasteiger charge is -2.41. The highest BCUT2D eigenvalue weighted by Crippen LogP contribution is 2.28. The van der Waals surface area contributed by atoms with Crippen molar-refractivity contribution in [2.24, 2.45) is 0 Å². The molecule has 0 bridgehead atoms. The van der Waals surface area contributed by atoms with Crippen LogP contribution in [0, 0.1) is 0 Å². The summed E-state index contributed by atoms with van der Waals surface area (Å²) < 4.78 is 1.96. The maximum absolute atomic E-state index is 5.04. The van der Waals surface area contributed by atoms with E-state index in [9.17, 15) is 0 Å². The summed E-state index contributed by atoms with van der Waals surface area (Å²) in [5, 5.41) is 5.95. The van der Waals surface area contributed by atoms with Crippen LogP contribution in [0.25, 0.3) is 27.9 Å². The van der Waals surface area contributed by atoms with Crippen molar-refractivity contribution in [1.29, 1.82) is 0 Å². The molecular weight excluding hydrogens is 384 g/mol. The Labute approximate surface area is 182 Å². The van der Waals surface area contributed by atoms with Crippen LogP contribution in [0.1, 0.15) is 32.1 Å². The van der Waals surface area contributed by atoms with Crippen LogP contribution < -0.4 is 4.90 Å². The van der Waals surface area contributed by atoms with Gasteiger partial charge in [-0.2, -0.15) is 4.52 Å². The van der Waals surface area contributed by atoms with E-state index in [1.807, 2.05) is 34.8 Å². The van der Waals surface area contributed by atoms with Gasteiger partial charge in [0.15, 0.2) is 11.5 Å². The fraction of sp³-hybridized carbons (Fsp3) is 0.400. The molecule has 1 aliphatic heterocycles. The van der Waals surface area contributed by atoms with Crippen LogP contribution in [0.5, 0.6) is 0 Å². The second-order valence-electron chi connectivity index (χ2n) is 8.78. The molecule has 0 amide bonds. The summed E-state index contributed by atoms with van der Waals surface area (Å²) in [6.45, 7) is 4.16. The third kappa shape index (κ3) is 3.45. The highest BCUT2D eigenvalue weighted by atomic mass is 15.4. The van der Waals surface area contributed by atoms with Gasteiger partial charge in [-0.1, -0.05) is 61.7 Å². The Kier molecular flexibility index (Phi) is 4.80. The normalized spacial score (nSPS) is 18.8. The molecule has 2 fully saturated rings. The van der Waals surface area contributed by atoms with E-state index in [1.54, 1.807) is 0 Å². The van der Waals surface area contributed by atoms with Crippen molar-refractivity contribution in [2.45, 2.75) is 38.1 Å². The van der Waals surface area contributed by atoms with E-state index in [1.165, 1.54) is 32.1 Å². The van der Waals surface area contributed by atoms with Crippen molar-refractivity contribution in [3.05, 3.63) is 54.6 Å². The van der Waals surface area contributed by atoms with E-state index in [-0.39, 0.29) is 0 Å². The number of benzene rings is 2. The maximum Gasteiger partial charge on any atom is 0.229 e. The van der Waals surface area contributed by atoms with Gasteiger partial charge in [-0.25, -0.2) is 9.97 Å². The molecular formula is C25H28N6. The first-order valence-electron chi connectivity index (χ1n) is 11.6. The van der Waals surface area contributed by atoms with Crippen molar-refractivity contribution < 1.29 is 0 Å². The molecule has 2 aromatic heterocycles. The van der Waals surface area contributed by atoms with Gasteiger partial charge in [0.05, 0.1) is 5.52 Å². The molecule has 0 unspecified atom stereocenters. The summed E-state index contributed by atoms with van der Waals surface area (Å²) in [4.78, 5) is 15.1. The molecule has 31 heavy (non-hydrogen) atoms. The smallest absolute Gasteiger partial charge is 0.229 e. The standard InChI is InChI=1S/C25H28N6/c1-3-9-19(10-4-1)23-27-24-21-13-7-8-14-22(21)26-25(31(24)28-23)30-17-15-29(16-18-30)20-11-5-2-6-12-20/h1,3-4,7-10,13-14,20H,2,5-6,11-12,15-18H2. The maximum atomic E-state index is 5.04. The molecule has 1 aliphatic carbocycles. The topological polar surface area (TPSA) is 49.6 Å². The van der Waals surface area contributed by atoms with Crippen LogP contribution in [0.4, 0.5) is 5.95 Å². The number of rotatable bonds is 3. The van der Waals surface area contributed by atoms with E-state index < -0.39 is 0 Å². The quantitative estimate of drug-likeness (QED) is 0.499. The summed E-state index contributed by atoms with van der Waals surface area (Å²) in [5.41, 5.74) is 2.89. The third-order valence-corrected chi connectivity index (χ3v) is 6.88. The lowest BCUT2D eigenvalue weighted by Crippen LogP contribution is -2.51. The third-order valence-electron chi connectivity index (χ3n) is 6.88. The van der Waals surface area contributed by atoms with Crippen molar-refractivity contribution in [1.82, 2.24) is 24.5 Å². The predicted molar refractivity (Wildman–Crippen MR) is 124 cm³/mol. The Morgan fingerprint density at radius 2 is 1.48 bits per heavy atom. The Morgan fingerprint density at radius 3 is 2.29 bits per heavy atom. The van der Waals surface area contributed by atoms with Gasteiger partial charge in [0.2, 0.25) is 5.95 Å². The Hall–Kier alpha value is -2.99. The largest absolute Gasteiger partial charge is 0.338 e. The second-order valence-corrected chi connectivity index (χ2v) is 8.78. The van der Waals surface area contributed by atoms with Gasteiger partial charge in [0.25, 0.3) is 0 Å². The Morgan fingerprint density at radius 1 is 0.742 bits per heavy atom. The molecule has 3 heterocycles.